The van der Waals surface area contributed by atoms with E-state index in [4.69, 9.17) is 4.42 Å². The van der Waals surface area contributed by atoms with E-state index in [1.165, 1.54) is 12.8 Å². The highest BCUT2D eigenvalue weighted by atomic mass is 16.3. The van der Waals surface area contributed by atoms with E-state index in [9.17, 15) is 0 Å². The molecule has 2 rings (SSSR count). The van der Waals surface area contributed by atoms with Crippen LogP contribution in [0, 0.1) is 0 Å². The summed E-state index contributed by atoms with van der Waals surface area (Å²) in [4.78, 5) is 0. The summed E-state index contributed by atoms with van der Waals surface area (Å²) in [7, 11) is 0. The van der Waals surface area contributed by atoms with Crippen LogP contribution in [0.5, 0.6) is 0 Å². The Morgan fingerprint density at radius 1 is 1.29 bits per heavy atom. The van der Waals surface area contributed by atoms with Crippen molar-refractivity contribution in [3.05, 3.63) is 24.2 Å². The Labute approximate surface area is 84.9 Å². The second kappa shape index (κ2) is 5.17. The maximum absolute atomic E-state index is 5.23. The van der Waals surface area contributed by atoms with Crippen LogP contribution in [0.4, 0.5) is 0 Å². The fourth-order valence-electron chi connectivity index (χ4n) is 1.44. The lowest BCUT2D eigenvalue weighted by atomic mass is 10.3. The molecule has 0 saturated heterocycles. The fraction of sp³-hybridized carbons (Fsp3) is 0.636. The average molecular weight is 194 g/mol. The lowest BCUT2D eigenvalue weighted by Gasteiger charge is -2.04. The summed E-state index contributed by atoms with van der Waals surface area (Å²) >= 11 is 0. The van der Waals surface area contributed by atoms with Gasteiger partial charge in [-0.1, -0.05) is 0 Å². The molecule has 14 heavy (non-hydrogen) atoms. The highest BCUT2D eigenvalue weighted by molar-refractivity contribution is 4.98. The van der Waals surface area contributed by atoms with Crippen molar-refractivity contribution in [2.24, 2.45) is 0 Å². The summed E-state index contributed by atoms with van der Waals surface area (Å²) in [6.45, 7) is 3.14. The SMILES string of the molecule is c1coc(CCNCCNC2CC2)c1. The third-order valence-electron chi connectivity index (χ3n) is 2.44. The van der Waals surface area contributed by atoms with Crippen molar-refractivity contribution in [1.82, 2.24) is 10.6 Å². The van der Waals surface area contributed by atoms with Crippen molar-refractivity contribution >= 4 is 0 Å². The minimum atomic E-state index is 0.821. The van der Waals surface area contributed by atoms with Crippen LogP contribution in [0.2, 0.25) is 0 Å². The van der Waals surface area contributed by atoms with Crippen molar-refractivity contribution in [3.63, 3.8) is 0 Å². The van der Waals surface area contributed by atoms with E-state index in [0.29, 0.717) is 0 Å². The third-order valence-corrected chi connectivity index (χ3v) is 2.44. The summed E-state index contributed by atoms with van der Waals surface area (Å²) in [5.41, 5.74) is 0. The van der Waals surface area contributed by atoms with Gasteiger partial charge in [-0.05, 0) is 25.0 Å². The molecule has 1 heterocycles. The number of hydrogen-bond donors (Lipinski definition) is 2. The molecule has 1 saturated carbocycles. The van der Waals surface area contributed by atoms with Gasteiger partial charge in [-0.3, -0.25) is 0 Å². The zero-order valence-corrected chi connectivity index (χ0v) is 8.46. The van der Waals surface area contributed by atoms with E-state index in [1.807, 2.05) is 12.1 Å². The molecule has 0 bridgehead atoms. The first kappa shape index (κ1) is 9.74. The smallest absolute Gasteiger partial charge is 0.105 e. The van der Waals surface area contributed by atoms with Crippen LogP contribution in [0.25, 0.3) is 0 Å². The molecular formula is C11H18N2O. The Kier molecular flexibility index (Phi) is 3.60. The number of furan rings is 1. The van der Waals surface area contributed by atoms with E-state index >= 15 is 0 Å². The molecule has 1 aliphatic rings. The molecule has 0 aliphatic heterocycles. The monoisotopic (exact) mass is 194 g/mol. The van der Waals surface area contributed by atoms with Gasteiger partial charge < -0.3 is 15.1 Å². The number of rotatable bonds is 7. The highest BCUT2D eigenvalue weighted by Gasteiger charge is 2.19. The third kappa shape index (κ3) is 3.52. The van der Waals surface area contributed by atoms with Gasteiger partial charge in [0.25, 0.3) is 0 Å². The molecule has 2 N–H and O–H groups in total. The molecule has 3 heteroatoms. The van der Waals surface area contributed by atoms with Crippen LogP contribution in [0.15, 0.2) is 22.8 Å². The van der Waals surface area contributed by atoms with Crippen LogP contribution in [0.1, 0.15) is 18.6 Å². The summed E-state index contributed by atoms with van der Waals surface area (Å²) in [6, 6.07) is 4.77. The lowest BCUT2D eigenvalue weighted by Crippen LogP contribution is -2.29. The van der Waals surface area contributed by atoms with Crippen LogP contribution in [-0.2, 0) is 6.42 Å². The predicted molar refractivity (Wildman–Crippen MR) is 56.3 cm³/mol. The van der Waals surface area contributed by atoms with E-state index < -0.39 is 0 Å². The van der Waals surface area contributed by atoms with Gasteiger partial charge in [0.2, 0.25) is 0 Å². The quantitative estimate of drug-likeness (QED) is 0.640. The maximum Gasteiger partial charge on any atom is 0.105 e. The number of hydrogen-bond acceptors (Lipinski definition) is 3. The Bertz CT molecular complexity index is 242. The molecule has 78 valence electrons. The van der Waals surface area contributed by atoms with Crippen molar-refractivity contribution < 1.29 is 4.42 Å². The summed E-state index contributed by atoms with van der Waals surface area (Å²) in [5, 5.41) is 6.85. The highest BCUT2D eigenvalue weighted by Crippen LogP contribution is 2.17. The maximum atomic E-state index is 5.23. The Morgan fingerprint density at radius 2 is 2.21 bits per heavy atom. The zero-order chi connectivity index (χ0) is 9.64. The van der Waals surface area contributed by atoms with Crippen LogP contribution in [0.3, 0.4) is 0 Å². The first-order chi connectivity index (χ1) is 6.95. The second-order valence-electron chi connectivity index (χ2n) is 3.81. The standard InChI is InChI=1S/C11H18N2O/c1-2-11(14-9-1)5-6-12-7-8-13-10-3-4-10/h1-2,9-10,12-13H,3-8H2. The summed E-state index contributed by atoms with van der Waals surface area (Å²) in [5.74, 6) is 1.06. The average Bonchev–Trinajstić information content (AvgIpc) is 2.87. The van der Waals surface area contributed by atoms with Crippen molar-refractivity contribution in [2.45, 2.75) is 25.3 Å². The van der Waals surface area contributed by atoms with E-state index in [-0.39, 0.29) is 0 Å². The Hall–Kier alpha value is -0.800. The molecule has 0 spiro atoms. The number of nitrogens with one attached hydrogen (secondary N) is 2. The molecule has 0 radical (unpaired) electrons. The van der Waals surface area contributed by atoms with E-state index in [2.05, 4.69) is 10.6 Å². The molecule has 0 unspecified atom stereocenters. The van der Waals surface area contributed by atoms with Gasteiger partial charge in [0.05, 0.1) is 6.26 Å². The molecule has 1 aromatic heterocycles. The van der Waals surface area contributed by atoms with Crippen LogP contribution in [-0.4, -0.2) is 25.7 Å². The van der Waals surface area contributed by atoms with Gasteiger partial charge in [0, 0.05) is 32.1 Å². The van der Waals surface area contributed by atoms with E-state index in [0.717, 1.165) is 37.9 Å². The van der Waals surface area contributed by atoms with Crippen molar-refractivity contribution in [3.8, 4) is 0 Å². The van der Waals surface area contributed by atoms with Gasteiger partial charge >= 0.3 is 0 Å². The fourth-order valence-corrected chi connectivity index (χ4v) is 1.44. The summed E-state index contributed by atoms with van der Waals surface area (Å²) in [6.07, 6.45) is 5.44. The van der Waals surface area contributed by atoms with Crippen molar-refractivity contribution in [1.29, 1.82) is 0 Å². The molecule has 1 aliphatic carbocycles. The van der Waals surface area contributed by atoms with Gasteiger partial charge in [0.1, 0.15) is 5.76 Å². The normalized spacial score (nSPS) is 16.0. The van der Waals surface area contributed by atoms with Crippen molar-refractivity contribution in [2.75, 3.05) is 19.6 Å². The first-order valence-electron chi connectivity index (χ1n) is 5.41. The van der Waals surface area contributed by atoms with Gasteiger partial charge in [-0.15, -0.1) is 0 Å². The predicted octanol–water partition coefficient (Wildman–Crippen LogP) is 1.16. The molecule has 3 nitrogen and oxygen atoms in total. The van der Waals surface area contributed by atoms with Gasteiger partial charge in [-0.2, -0.15) is 0 Å². The Balaban J connectivity index is 1.43. The molecular weight excluding hydrogens is 176 g/mol. The van der Waals surface area contributed by atoms with Gasteiger partial charge in [-0.25, -0.2) is 0 Å². The van der Waals surface area contributed by atoms with E-state index in [1.54, 1.807) is 6.26 Å². The zero-order valence-electron chi connectivity index (χ0n) is 8.46. The first-order valence-corrected chi connectivity index (χ1v) is 5.41. The van der Waals surface area contributed by atoms with Crippen LogP contribution >= 0.6 is 0 Å². The largest absolute Gasteiger partial charge is 0.469 e. The summed E-state index contributed by atoms with van der Waals surface area (Å²) < 4.78 is 5.23. The minimum absolute atomic E-state index is 0.821. The Morgan fingerprint density at radius 3 is 2.93 bits per heavy atom. The second-order valence-corrected chi connectivity index (χ2v) is 3.81. The molecule has 1 fully saturated rings. The van der Waals surface area contributed by atoms with Crippen LogP contribution < -0.4 is 10.6 Å². The molecule has 1 aromatic rings. The topological polar surface area (TPSA) is 37.2 Å². The lowest BCUT2D eigenvalue weighted by molar-refractivity contribution is 0.497. The van der Waals surface area contributed by atoms with Gasteiger partial charge in [0.15, 0.2) is 0 Å². The molecule has 0 atom stereocenters. The molecule has 0 amide bonds. The minimum Gasteiger partial charge on any atom is -0.469 e. The molecule has 0 aromatic carbocycles.